The van der Waals surface area contributed by atoms with Gasteiger partial charge in [0, 0.05) is 31.0 Å². The predicted octanol–water partition coefficient (Wildman–Crippen LogP) is 2.37. The molecule has 0 aromatic heterocycles. The largest absolute Gasteiger partial charge is 0.399 e. The van der Waals surface area contributed by atoms with Crippen LogP contribution in [0.5, 0.6) is 0 Å². The van der Waals surface area contributed by atoms with Gasteiger partial charge in [0.15, 0.2) is 0 Å². The summed E-state index contributed by atoms with van der Waals surface area (Å²) in [7, 11) is 0. The second-order valence-corrected chi connectivity index (χ2v) is 4.88. The zero-order valence-corrected chi connectivity index (χ0v) is 11.3. The number of nitrogen functional groups attached to an aromatic ring is 1. The number of amides is 1. The van der Waals surface area contributed by atoms with Crippen LogP contribution in [0.15, 0.2) is 24.3 Å². The number of nitrogens with zero attached hydrogens (tertiary/aromatic N) is 1. The highest BCUT2D eigenvalue weighted by molar-refractivity contribution is 7.98. The van der Waals surface area contributed by atoms with E-state index in [0.29, 0.717) is 13.0 Å². The summed E-state index contributed by atoms with van der Waals surface area (Å²) in [6.45, 7) is 3.43. The van der Waals surface area contributed by atoms with E-state index < -0.39 is 0 Å². The minimum atomic E-state index is 0.221. The Morgan fingerprint density at radius 2 is 2.00 bits per heavy atom. The van der Waals surface area contributed by atoms with Crippen LogP contribution in [0.3, 0.4) is 0 Å². The molecule has 0 radical (unpaired) electrons. The summed E-state index contributed by atoms with van der Waals surface area (Å²) in [5.41, 5.74) is 7.51. The van der Waals surface area contributed by atoms with Crippen molar-refractivity contribution >= 4 is 23.4 Å². The van der Waals surface area contributed by atoms with Crippen LogP contribution in [0, 0.1) is 0 Å². The quantitative estimate of drug-likeness (QED) is 0.791. The van der Waals surface area contributed by atoms with Crippen LogP contribution >= 0.6 is 11.8 Å². The molecule has 3 nitrogen and oxygen atoms in total. The van der Waals surface area contributed by atoms with E-state index in [1.807, 2.05) is 42.3 Å². The van der Waals surface area contributed by atoms with Gasteiger partial charge < -0.3 is 10.6 Å². The summed E-state index contributed by atoms with van der Waals surface area (Å²) < 4.78 is 0. The highest BCUT2D eigenvalue weighted by Crippen LogP contribution is 2.10. The van der Waals surface area contributed by atoms with Crippen molar-refractivity contribution in [2.45, 2.75) is 19.9 Å². The lowest BCUT2D eigenvalue weighted by Gasteiger charge is -2.21. The number of anilines is 1. The summed E-state index contributed by atoms with van der Waals surface area (Å²) in [4.78, 5) is 13.8. The van der Waals surface area contributed by atoms with Crippen LogP contribution in [0.1, 0.15) is 18.9 Å². The van der Waals surface area contributed by atoms with Crippen LogP contribution < -0.4 is 5.73 Å². The first-order valence-electron chi connectivity index (χ1n) is 5.78. The Morgan fingerprint density at radius 3 is 2.53 bits per heavy atom. The van der Waals surface area contributed by atoms with Gasteiger partial charge in [-0.05, 0) is 30.9 Å². The molecule has 0 atom stereocenters. The molecule has 0 aliphatic heterocycles. The summed E-state index contributed by atoms with van der Waals surface area (Å²) in [6, 6.07) is 7.69. The first kappa shape index (κ1) is 13.9. The molecule has 17 heavy (non-hydrogen) atoms. The number of benzene rings is 1. The normalized spacial score (nSPS) is 10.2. The van der Waals surface area contributed by atoms with Gasteiger partial charge in [-0.1, -0.05) is 12.1 Å². The SMILES string of the molecule is CCN(Cc1ccc(N)cc1)C(=O)CCSC. The van der Waals surface area contributed by atoms with Gasteiger partial charge in [-0.15, -0.1) is 0 Å². The van der Waals surface area contributed by atoms with Crippen LogP contribution in [0.4, 0.5) is 5.69 Å². The fourth-order valence-corrected chi connectivity index (χ4v) is 1.95. The van der Waals surface area contributed by atoms with E-state index in [1.165, 1.54) is 0 Å². The Balaban J connectivity index is 2.57. The van der Waals surface area contributed by atoms with Crippen molar-refractivity contribution in [2.75, 3.05) is 24.3 Å². The van der Waals surface area contributed by atoms with E-state index in [0.717, 1.165) is 23.5 Å². The summed E-state index contributed by atoms with van der Waals surface area (Å²) >= 11 is 1.70. The molecule has 0 saturated heterocycles. The third-order valence-corrected chi connectivity index (χ3v) is 3.22. The number of hydrogen-bond donors (Lipinski definition) is 1. The lowest BCUT2D eigenvalue weighted by molar-refractivity contribution is -0.131. The highest BCUT2D eigenvalue weighted by Gasteiger charge is 2.11. The maximum absolute atomic E-state index is 11.9. The number of carbonyl (C=O) groups is 1. The van der Waals surface area contributed by atoms with Crippen molar-refractivity contribution in [3.8, 4) is 0 Å². The number of nitrogens with two attached hydrogens (primary N) is 1. The minimum absolute atomic E-state index is 0.221. The van der Waals surface area contributed by atoms with E-state index in [-0.39, 0.29) is 5.91 Å². The van der Waals surface area contributed by atoms with Gasteiger partial charge >= 0.3 is 0 Å². The molecular formula is C13H20N2OS. The molecule has 1 amide bonds. The van der Waals surface area contributed by atoms with Crippen molar-refractivity contribution in [3.63, 3.8) is 0 Å². The predicted molar refractivity (Wildman–Crippen MR) is 74.9 cm³/mol. The van der Waals surface area contributed by atoms with Gasteiger partial charge in [0.25, 0.3) is 0 Å². The lowest BCUT2D eigenvalue weighted by Crippen LogP contribution is -2.30. The van der Waals surface area contributed by atoms with Crippen LogP contribution in [-0.2, 0) is 11.3 Å². The van der Waals surface area contributed by atoms with Gasteiger partial charge in [0.05, 0.1) is 0 Å². The first-order valence-corrected chi connectivity index (χ1v) is 7.18. The molecular weight excluding hydrogens is 232 g/mol. The Bertz CT molecular complexity index is 351. The number of carbonyl (C=O) groups excluding carboxylic acids is 1. The molecule has 0 aliphatic rings. The molecule has 0 bridgehead atoms. The monoisotopic (exact) mass is 252 g/mol. The van der Waals surface area contributed by atoms with Crippen LogP contribution in [0.25, 0.3) is 0 Å². The lowest BCUT2D eigenvalue weighted by atomic mass is 10.2. The minimum Gasteiger partial charge on any atom is -0.399 e. The molecule has 1 aromatic rings. The molecule has 0 fully saturated rings. The Labute approximate surface area is 107 Å². The summed E-state index contributed by atoms with van der Waals surface area (Å²) in [5.74, 6) is 1.11. The Hall–Kier alpha value is -1.16. The Morgan fingerprint density at radius 1 is 1.35 bits per heavy atom. The first-order chi connectivity index (χ1) is 8.17. The molecule has 1 aromatic carbocycles. The fraction of sp³-hybridized carbons (Fsp3) is 0.462. The van der Waals surface area contributed by atoms with E-state index in [4.69, 9.17) is 5.73 Å². The maximum Gasteiger partial charge on any atom is 0.223 e. The van der Waals surface area contributed by atoms with E-state index >= 15 is 0 Å². The molecule has 0 heterocycles. The van der Waals surface area contributed by atoms with Crippen LogP contribution in [0.2, 0.25) is 0 Å². The second-order valence-electron chi connectivity index (χ2n) is 3.89. The number of rotatable bonds is 6. The average molecular weight is 252 g/mol. The smallest absolute Gasteiger partial charge is 0.223 e. The summed E-state index contributed by atoms with van der Waals surface area (Å²) in [6.07, 6.45) is 2.63. The van der Waals surface area contributed by atoms with Gasteiger partial charge in [-0.2, -0.15) is 11.8 Å². The third-order valence-electron chi connectivity index (χ3n) is 2.61. The van der Waals surface area contributed by atoms with Crippen molar-refractivity contribution in [1.82, 2.24) is 4.90 Å². The maximum atomic E-state index is 11.9. The molecule has 2 N–H and O–H groups in total. The summed E-state index contributed by atoms with van der Waals surface area (Å²) in [5, 5.41) is 0. The average Bonchev–Trinajstić information content (AvgIpc) is 2.35. The van der Waals surface area contributed by atoms with Crippen molar-refractivity contribution in [3.05, 3.63) is 29.8 Å². The molecule has 94 valence electrons. The molecule has 4 heteroatoms. The van der Waals surface area contributed by atoms with Gasteiger partial charge in [-0.3, -0.25) is 4.79 Å². The molecule has 1 rings (SSSR count). The van der Waals surface area contributed by atoms with Crippen LogP contribution in [-0.4, -0.2) is 29.4 Å². The number of hydrogen-bond acceptors (Lipinski definition) is 3. The molecule has 0 spiro atoms. The topological polar surface area (TPSA) is 46.3 Å². The van der Waals surface area contributed by atoms with Gasteiger partial charge in [-0.25, -0.2) is 0 Å². The third kappa shape index (κ3) is 4.69. The van der Waals surface area contributed by atoms with Gasteiger partial charge in [0.1, 0.15) is 0 Å². The van der Waals surface area contributed by atoms with Crippen molar-refractivity contribution in [2.24, 2.45) is 0 Å². The standard InChI is InChI=1S/C13H20N2OS/c1-3-15(13(16)8-9-17-2)10-11-4-6-12(14)7-5-11/h4-7H,3,8-10,14H2,1-2H3. The fourth-order valence-electron chi connectivity index (χ4n) is 1.57. The Kier molecular flexibility index (Phi) is 5.91. The molecule has 0 aliphatic carbocycles. The van der Waals surface area contributed by atoms with Crippen molar-refractivity contribution in [1.29, 1.82) is 0 Å². The molecule has 0 unspecified atom stereocenters. The zero-order valence-electron chi connectivity index (χ0n) is 10.5. The number of thioether (sulfide) groups is 1. The second kappa shape index (κ2) is 7.22. The van der Waals surface area contributed by atoms with Crippen molar-refractivity contribution < 1.29 is 4.79 Å². The highest BCUT2D eigenvalue weighted by atomic mass is 32.2. The molecule has 0 saturated carbocycles. The zero-order chi connectivity index (χ0) is 12.7. The van der Waals surface area contributed by atoms with E-state index in [1.54, 1.807) is 11.8 Å². The van der Waals surface area contributed by atoms with Gasteiger partial charge in [0.2, 0.25) is 5.91 Å². The van der Waals surface area contributed by atoms with E-state index in [9.17, 15) is 4.79 Å². The van der Waals surface area contributed by atoms with E-state index in [2.05, 4.69) is 0 Å².